The molecule has 0 saturated carbocycles. The predicted octanol–water partition coefficient (Wildman–Crippen LogP) is 5.38. The third-order valence-electron chi connectivity index (χ3n) is 4.74. The van der Waals surface area contributed by atoms with Crippen molar-refractivity contribution in [2.24, 2.45) is 0 Å². The molecule has 0 bridgehead atoms. The van der Waals surface area contributed by atoms with Crippen molar-refractivity contribution in [2.45, 2.75) is 12.5 Å². The summed E-state index contributed by atoms with van der Waals surface area (Å²) >= 11 is 8.89. The molecule has 0 radical (unpaired) electrons. The van der Waals surface area contributed by atoms with Gasteiger partial charge in [-0.2, -0.15) is 0 Å². The number of fused-ring (bicyclic) bond motifs is 1. The van der Waals surface area contributed by atoms with Crippen LogP contribution < -0.4 is 5.63 Å². The Hall–Kier alpha value is -2.87. The third-order valence-corrected chi connectivity index (χ3v) is 5.67. The van der Waals surface area contributed by atoms with Gasteiger partial charge in [-0.25, -0.2) is 4.79 Å². The van der Waals surface area contributed by atoms with Crippen LogP contribution in [0.1, 0.15) is 28.4 Å². The van der Waals surface area contributed by atoms with Crippen molar-refractivity contribution in [3.63, 3.8) is 0 Å². The number of carbonyl (C=O) groups is 1. The molecule has 2 aromatic heterocycles. The first kappa shape index (κ1) is 20.4. The zero-order chi connectivity index (χ0) is 21.3. The maximum absolute atomic E-state index is 12.8. The molecule has 150 valence electrons. The average Bonchev–Trinajstić information content (AvgIpc) is 2.74. The fourth-order valence-corrected chi connectivity index (χ4v) is 3.99. The topological polar surface area (TPSA) is 72.4 Å². The summed E-state index contributed by atoms with van der Waals surface area (Å²) in [4.78, 5) is 25.0. The molecular formula is C23H16BrNO4S. The van der Waals surface area contributed by atoms with Crippen LogP contribution in [0.25, 0.3) is 16.7 Å². The largest absolute Gasteiger partial charge is 0.422 e. The van der Waals surface area contributed by atoms with Crippen molar-refractivity contribution in [1.82, 2.24) is 4.57 Å². The second kappa shape index (κ2) is 8.47. The molecule has 1 atom stereocenters. The smallest absolute Gasteiger partial charge is 0.347 e. The highest BCUT2D eigenvalue weighted by Crippen LogP contribution is 2.24. The maximum atomic E-state index is 12.8. The van der Waals surface area contributed by atoms with Gasteiger partial charge in [0.25, 0.3) is 0 Å². The standard InChI is InChI=1S/C23H16BrNO4S/c24-15-8-9-21-14(11-15)12-18(23(28)29-21)20(27)13-19(26)17-7-4-10-25(22(17)30)16-5-2-1-3-6-16/h1-12,19,26H,13H2. The molecule has 0 aliphatic heterocycles. The SMILES string of the molecule is O=C(CC(O)c1cccn(-c2ccccc2)c1=S)c1cc2cc(Br)ccc2oc1=O. The summed E-state index contributed by atoms with van der Waals surface area (Å²) in [5, 5.41) is 11.3. The monoisotopic (exact) mass is 481 g/mol. The Morgan fingerprint density at radius 3 is 2.63 bits per heavy atom. The van der Waals surface area contributed by atoms with Gasteiger partial charge in [0.1, 0.15) is 15.8 Å². The van der Waals surface area contributed by atoms with E-state index < -0.39 is 17.5 Å². The Labute approximate surface area is 185 Å². The Bertz CT molecular complexity index is 1360. The number of carbonyl (C=O) groups excluding carboxylic acids is 1. The van der Waals surface area contributed by atoms with E-state index in [1.807, 2.05) is 30.3 Å². The molecule has 0 amide bonds. The van der Waals surface area contributed by atoms with Crippen LogP contribution in [0.3, 0.4) is 0 Å². The molecule has 4 aromatic rings. The number of aliphatic hydroxyl groups excluding tert-OH is 1. The Balaban J connectivity index is 1.65. The van der Waals surface area contributed by atoms with E-state index in [1.54, 1.807) is 41.1 Å². The highest BCUT2D eigenvalue weighted by atomic mass is 79.9. The lowest BCUT2D eigenvalue weighted by atomic mass is 10.0. The second-order valence-corrected chi connectivity index (χ2v) is 8.05. The first-order valence-electron chi connectivity index (χ1n) is 9.16. The number of ketones is 1. The summed E-state index contributed by atoms with van der Waals surface area (Å²) in [6.45, 7) is 0. The number of para-hydroxylation sites is 1. The van der Waals surface area contributed by atoms with Crippen LogP contribution in [-0.2, 0) is 0 Å². The quantitative estimate of drug-likeness (QED) is 0.235. The van der Waals surface area contributed by atoms with E-state index >= 15 is 0 Å². The number of rotatable bonds is 5. The van der Waals surface area contributed by atoms with E-state index in [0.717, 1.165) is 10.2 Å². The van der Waals surface area contributed by atoms with E-state index in [0.29, 0.717) is 21.2 Å². The molecule has 30 heavy (non-hydrogen) atoms. The summed E-state index contributed by atoms with van der Waals surface area (Å²) in [7, 11) is 0. The third kappa shape index (κ3) is 4.05. The second-order valence-electron chi connectivity index (χ2n) is 6.75. The molecule has 1 N–H and O–H groups in total. The maximum Gasteiger partial charge on any atom is 0.347 e. The number of halogens is 1. The van der Waals surface area contributed by atoms with Gasteiger partial charge in [-0.15, -0.1) is 0 Å². The van der Waals surface area contributed by atoms with Crippen molar-refractivity contribution in [3.05, 3.63) is 104 Å². The van der Waals surface area contributed by atoms with E-state index in [-0.39, 0.29) is 12.0 Å². The molecule has 5 nitrogen and oxygen atoms in total. The van der Waals surface area contributed by atoms with Crippen LogP contribution in [0.15, 0.2) is 86.6 Å². The average molecular weight is 482 g/mol. The molecular weight excluding hydrogens is 466 g/mol. The number of hydrogen-bond acceptors (Lipinski definition) is 5. The van der Waals surface area contributed by atoms with Crippen LogP contribution >= 0.6 is 28.1 Å². The van der Waals surface area contributed by atoms with E-state index in [9.17, 15) is 14.7 Å². The van der Waals surface area contributed by atoms with E-state index in [4.69, 9.17) is 16.6 Å². The van der Waals surface area contributed by atoms with Crippen molar-refractivity contribution in [2.75, 3.05) is 0 Å². The fraction of sp³-hybridized carbons (Fsp3) is 0.0870. The van der Waals surface area contributed by atoms with Gasteiger partial charge in [0.2, 0.25) is 0 Å². The molecule has 0 fully saturated rings. The number of aromatic nitrogens is 1. The number of Topliss-reactive ketones (excluding diaryl/α,β-unsaturated/α-hetero) is 1. The van der Waals surface area contributed by atoms with Gasteiger partial charge in [0, 0.05) is 33.7 Å². The normalized spacial score (nSPS) is 12.1. The number of pyridine rings is 1. The molecule has 7 heteroatoms. The lowest BCUT2D eigenvalue weighted by Crippen LogP contribution is -2.17. The molecule has 2 aromatic carbocycles. The minimum Gasteiger partial charge on any atom is -0.422 e. The molecule has 0 saturated heterocycles. The Morgan fingerprint density at radius 1 is 1.10 bits per heavy atom. The predicted molar refractivity (Wildman–Crippen MR) is 121 cm³/mol. The first-order chi connectivity index (χ1) is 14.4. The molecule has 2 heterocycles. The van der Waals surface area contributed by atoms with Crippen molar-refractivity contribution < 1.29 is 14.3 Å². The summed E-state index contributed by atoms with van der Waals surface area (Å²) in [6.07, 6.45) is 0.358. The van der Waals surface area contributed by atoms with Crippen LogP contribution in [0.4, 0.5) is 0 Å². The molecule has 0 aliphatic carbocycles. The lowest BCUT2D eigenvalue weighted by molar-refractivity contribution is 0.0875. The first-order valence-corrected chi connectivity index (χ1v) is 10.4. The van der Waals surface area contributed by atoms with Gasteiger partial charge in [0.15, 0.2) is 5.78 Å². The minimum atomic E-state index is -1.15. The van der Waals surface area contributed by atoms with Gasteiger partial charge in [-0.3, -0.25) is 4.79 Å². The van der Waals surface area contributed by atoms with Crippen LogP contribution in [0, 0.1) is 4.64 Å². The van der Waals surface area contributed by atoms with Crippen molar-refractivity contribution in [1.29, 1.82) is 0 Å². The van der Waals surface area contributed by atoms with E-state index in [1.165, 1.54) is 6.07 Å². The van der Waals surface area contributed by atoms with Crippen LogP contribution in [-0.4, -0.2) is 15.5 Å². The van der Waals surface area contributed by atoms with Gasteiger partial charge >= 0.3 is 5.63 Å². The zero-order valence-electron chi connectivity index (χ0n) is 15.6. The Morgan fingerprint density at radius 2 is 1.87 bits per heavy atom. The van der Waals surface area contributed by atoms with Gasteiger partial charge in [-0.1, -0.05) is 52.4 Å². The minimum absolute atomic E-state index is 0.0996. The highest BCUT2D eigenvalue weighted by molar-refractivity contribution is 9.10. The number of hydrogen-bond donors (Lipinski definition) is 1. The zero-order valence-corrected chi connectivity index (χ0v) is 18.0. The summed E-state index contributed by atoms with van der Waals surface area (Å²) < 4.78 is 8.22. The van der Waals surface area contributed by atoms with Gasteiger partial charge < -0.3 is 14.1 Å². The van der Waals surface area contributed by atoms with Crippen LogP contribution in [0.2, 0.25) is 0 Å². The molecule has 1 unspecified atom stereocenters. The summed E-state index contributed by atoms with van der Waals surface area (Å²) in [5.74, 6) is -0.511. The fourth-order valence-electron chi connectivity index (χ4n) is 3.24. The summed E-state index contributed by atoms with van der Waals surface area (Å²) in [5.41, 5.74) is 0.854. The molecule has 0 spiro atoms. The number of nitrogens with zero attached hydrogens (tertiary/aromatic N) is 1. The van der Waals surface area contributed by atoms with Crippen molar-refractivity contribution in [3.8, 4) is 5.69 Å². The Kier molecular flexibility index (Phi) is 5.76. The van der Waals surface area contributed by atoms with Gasteiger partial charge in [-0.05, 0) is 42.5 Å². The van der Waals surface area contributed by atoms with Crippen molar-refractivity contribution >= 4 is 44.9 Å². The number of benzene rings is 2. The molecule has 4 rings (SSSR count). The van der Waals surface area contributed by atoms with Crippen LogP contribution in [0.5, 0.6) is 0 Å². The van der Waals surface area contributed by atoms with E-state index in [2.05, 4.69) is 15.9 Å². The summed E-state index contributed by atoms with van der Waals surface area (Å²) in [6, 6.07) is 19.6. The number of aliphatic hydroxyl groups is 1. The highest BCUT2D eigenvalue weighted by Gasteiger charge is 2.20. The lowest BCUT2D eigenvalue weighted by Gasteiger charge is -2.14. The van der Waals surface area contributed by atoms with Gasteiger partial charge in [0.05, 0.1) is 6.10 Å². The molecule has 0 aliphatic rings.